The van der Waals surface area contributed by atoms with Crippen LogP contribution in [0, 0.1) is 5.82 Å². The zero-order chi connectivity index (χ0) is 16.3. The van der Waals surface area contributed by atoms with Crippen molar-refractivity contribution in [2.75, 3.05) is 11.9 Å². The monoisotopic (exact) mass is 381 g/mol. The van der Waals surface area contributed by atoms with Gasteiger partial charge in [0, 0.05) is 0 Å². The molecule has 0 fully saturated rings. The van der Waals surface area contributed by atoms with E-state index in [-0.39, 0.29) is 31.5 Å². The lowest BCUT2D eigenvalue weighted by Crippen LogP contribution is -2.21. The minimum atomic E-state index is -0.580. The van der Waals surface area contributed by atoms with E-state index in [0.717, 1.165) is 0 Å². The maximum Gasteiger partial charge on any atom is 0.262 e. The fourth-order valence-corrected chi connectivity index (χ4v) is 2.58. The molecule has 0 saturated carbocycles. The van der Waals surface area contributed by atoms with Gasteiger partial charge in [0.2, 0.25) is 0 Å². The van der Waals surface area contributed by atoms with Crippen LogP contribution in [0.5, 0.6) is 5.75 Å². The molecule has 8 heteroatoms. The predicted octanol–water partition coefficient (Wildman–Crippen LogP) is 5.46. The molecule has 0 aromatic heterocycles. The highest BCUT2D eigenvalue weighted by Gasteiger charge is 2.16. The summed E-state index contributed by atoms with van der Waals surface area (Å²) in [4.78, 5) is 11.8. The molecule has 0 bridgehead atoms. The molecule has 0 aliphatic carbocycles. The average molecular weight is 383 g/mol. The van der Waals surface area contributed by atoms with Crippen molar-refractivity contribution in [3.8, 4) is 5.75 Å². The van der Waals surface area contributed by atoms with Crippen molar-refractivity contribution < 1.29 is 13.9 Å². The molecule has 2 aromatic carbocycles. The molecule has 0 saturated heterocycles. The van der Waals surface area contributed by atoms with E-state index >= 15 is 0 Å². The highest BCUT2D eigenvalue weighted by molar-refractivity contribution is 6.50. The van der Waals surface area contributed by atoms with E-state index in [2.05, 4.69) is 5.32 Å². The van der Waals surface area contributed by atoms with Crippen molar-refractivity contribution in [3.05, 3.63) is 56.2 Å². The summed E-state index contributed by atoms with van der Waals surface area (Å²) in [6.45, 7) is -0.425. The highest BCUT2D eigenvalue weighted by Crippen LogP contribution is 2.42. The van der Waals surface area contributed by atoms with Gasteiger partial charge in [-0.2, -0.15) is 0 Å². The summed E-state index contributed by atoms with van der Waals surface area (Å²) in [7, 11) is 0. The third-order valence-corrected chi connectivity index (χ3v) is 4.09. The van der Waals surface area contributed by atoms with Crippen LogP contribution in [0.2, 0.25) is 20.1 Å². The lowest BCUT2D eigenvalue weighted by atomic mass is 10.3. The van der Waals surface area contributed by atoms with Crippen LogP contribution in [0.25, 0.3) is 0 Å². The quantitative estimate of drug-likeness (QED) is 0.563. The second-order valence-electron chi connectivity index (χ2n) is 4.11. The molecule has 0 spiro atoms. The van der Waals surface area contributed by atoms with Gasteiger partial charge in [0.05, 0.1) is 20.8 Å². The Balaban J connectivity index is 2.06. The molecular formula is C14H8Cl4FNO2. The largest absolute Gasteiger partial charge is 0.481 e. The summed E-state index contributed by atoms with van der Waals surface area (Å²) in [5.74, 6) is -1.11. The number of halogens is 5. The first-order valence-electron chi connectivity index (χ1n) is 5.90. The van der Waals surface area contributed by atoms with E-state index in [9.17, 15) is 9.18 Å². The van der Waals surface area contributed by atoms with Crippen LogP contribution in [-0.4, -0.2) is 12.5 Å². The van der Waals surface area contributed by atoms with E-state index in [1.807, 2.05) is 0 Å². The Morgan fingerprint density at radius 2 is 1.77 bits per heavy atom. The predicted molar refractivity (Wildman–Crippen MR) is 87.0 cm³/mol. The standard InChI is InChI=1S/C14H8Cl4FNO2/c15-7-5-8(16)14(13(18)12(7)17)22-6-11(21)20-10-4-2-1-3-9(10)19/h1-5H,6H2,(H,20,21). The van der Waals surface area contributed by atoms with Crippen LogP contribution in [0.4, 0.5) is 10.1 Å². The van der Waals surface area contributed by atoms with Gasteiger partial charge in [-0.25, -0.2) is 4.39 Å². The van der Waals surface area contributed by atoms with Gasteiger partial charge in [0.1, 0.15) is 10.8 Å². The molecule has 1 amide bonds. The number of amides is 1. The van der Waals surface area contributed by atoms with Gasteiger partial charge in [-0.15, -0.1) is 0 Å². The Bertz CT molecular complexity index is 724. The number of hydrogen-bond donors (Lipinski definition) is 1. The number of carbonyl (C=O) groups excluding carboxylic acids is 1. The number of para-hydroxylation sites is 1. The molecular weight excluding hydrogens is 375 g/mol. The molecule has 22 heavy (non-hydrogen) atoms. The maximum atomic E-state index is 13.4. The van der Waals surface area contributed by atoms with Gasteiger partial charge in [-0.3, -0.25) is 4.79 Å². The molecule has 116 valence electrons. The third-order valence-electron chi connectivity index (χ3n) is 2.57. The van der Waals surface area contributed by atoms with Crippen molar-refractivity contribution in [2.24, 2.45) is 0 Å². The third kappa shape index (κ3) is 3.96. The Morgan fingerprint density at radius 1 is 1.09 bits per heavy atom. The summed E-state index contributed by atoms with van der Waals surface area (Å²) in [6, 6.07) is 7.10. The van der Waals surface area contributed by atoms with Gasteiger partial charge < -0.3 is 10.1 Å². The second-order valence-corrected chi connectivity index (χ2v) is 5.68. The lowest BCUT2D eigenvalue weighted by molar-refractivity contribution is -0.118. The normalized spacial score (nSPS) is 10.4. The maximum absolute atomic E-state index is 13.4. The zero-order valence-corrected chi connectivity index (χ0v) is 13.8. The van der Waals surface area contributed by atoms with Gasteiger partial charge in [-0.05, 0) is 18.2 Å². The van der Waals surface area contributed by atoms with Crippen LogP contribution >= 0.6 is 46.4 Å². The van der Waals surface area contributed by atoms with Crippen LogP contribution in [0.15, 0.2) is 30.3 Å². The van der Waals surface area contributed by atoms with Crippen molar-refractivity contribution in [1.82, 2.24) is 0 Å². The first-order chi connectivity index (χ1) is 10.4. The summed E-state index contributed by atoms with van der Waals surface area (Å²) in [6.07, 6.45) is 0. The summed E-state index contributed by atoms with van der Waals surface area (Å²) in [5, 5.41) is 2.70. The zero-order valence-electron chi connectivity index (χ0n) is 10.8. The number of rotatable bonds is 4. The van der Waals surface area contributed by atoms with Crippen LogP contribution in [0.3, 0.4) is 0 Å². The topological polar surface area (TPSA) is 38.3 Å². The number of nitrogens with one attached hydrogen (secondary N) is 1. The number of benzene rings is 2. The van der Waals surface area contributed by atoms with E-state index in [0.29, 0.717) is 0 Å². The Morgan fingerprint density at radius 3 is 2.45 bits per heavy atom. The smallest absolute Gasteiger partial charge is 0.262 e. The van der Waals surface area contributed by atoms with Crippen molar-refractivity contribution >= 4 is 58.0 Å². The van der Waals surface area contributed by atoms with Gasteiger partial charge in [0.15, 0.2) is 12.4 Å². The second kappa shape index (κ2) is 7.38. The Hall–Kier alpha value is -1.20. The van der Waals surface area contributed by atoms with Crippen molar-refractivity contribution in [1.29, 1.82) is 0 Å². The first kappa shape index (κ1) is 17.2. The van der Waals surface area contributed by atoms with Crippen molar-refractivity contribution in [3.63, 3.8) is 0 Å². The van der Waals surface area contributed by atoms with E-state index < -0.39 is 18.3 Å². The molecule has 2 rings (SSSR count). The fraction of sp³-hybridized carbons (Fsp3) is 0.0714. The molecule has 0 atom stereocenters. The van der Waals surface area contributed by atoms with E-state index in [1.165, 1.54) is 24.3 Å². The molecule has 3 nitrogen and oxygen atoms in total. The van der Waals surface area contributed by atoms with Crippen LogP contribution in [0.1, 0.15) is 0 Å². The minimum absolute atomic E-state index is 0.00198. The van der Waals surface area contributed by atoms with E-state index in [1.54, 1.807) is 6.07 Å². The minimum Gasteiger partial charge on any atom is -0.481 e. The molecule has 0 heterocycles. The van der Waals surface area contributed by atoms with Crippen LogP contribution < -0.4 is 10.1 Å². The molecule has 0 radical (unpaired) electrons. The van der Waals surface area contributed by atoms with Crippen LogP contribution in [-0.2, 0) is 4.79 Å². The summed E-state index contributed by atoms with van der Waals surface area (Å²) in [5.41, 5.74) is 0.0439. The van der Waals surface area contributed by atoms with Gasteiger partial charge in [-0.1, -0.05) is 58.5 Å². The van der Waals surface area contributed by atoms with E-state index in [4.69, 9.17) is 51.1 Å². The SMILES string of the molecule is O=C(COc1c(Cl)cc(Cl)c(Cl)c1Cl)Nc1ccccc1F. The summed E-state index contributed by atoms with van der Waals surface area (Å²) >= 11 is 23.6. The highest BCUT2D eigenvalue weighted by atomic mass is 35.5. The summed E-state index contributed by atoms with van der Waals surface area (Å²) < 4.78 is 18.6. The van der Waals surface area contributed by atoms with Gasteiger partial charge in [0.25, 0.3) is 5.91 Å². The number of anilines is 1. The van der Waals surface area contributed by atoms with Crippen molar-refractivity contribution in [2.45, 2.75) is 0 Å². The molecule has 1 N–H and O–H groups in total. The number of hydrogen-bond acceptors (Lipinski definition) is 2. The Kier molecular flexibility index (Phi) is 5.75. The number of ether oxygens (including phenoxy) is 1. The molecule has 0 unspecified atom stereocenters. The molecule has 0 aliphatic heterocycles. The lowest BCUT2D eigenvalue weighted by Gasteiger charge is -2.12. The molecule has 2 aromatic rings. The fourth-order valence-electron chi connectivity index (χ4n) is 1.57. The Labute approximate surface area is 145 Å². The first-order valence-corrected chi connectivity index (χ1v) is 7.41. The molecule has 0 aliphatic rings. The average Bonchev–Trinajstić information content (AvgIpc) is 2.47. The number of carbonyl (C=O) groups is 1. The van der Waals surface area contributed by atoms with Gasteiger partial charge >= 0.3 is 0 Å².